The number of carboxylic acids is 1. The molecular formula is C24H23NO4. The summed E-state index contributed by atoms with van der Waals surface area (Å²) in [6, 6.07) is 17.1. The van der Waals surface area contributed by atoms with Crippen LogP contribution in [0.5, 0.6) is 5.75 Å². The van der Waals surface area contributed by atoms with Crippen molar-refractivity contribution in [2.75, 3.05) is 5.32 Å². The molecule has 1 amide bonds. The van der Waals surface area contributed by atoms with Gasteiger partial charge in [0.15, 0.2) is 0 Å². The molecule has 0 saturated heterocycles. The number of amides is 1. The highest BCUT2D eigenvalue weighted by molar-refractivity contribution is 5.96. The van der Waals surface area contributed by atoms with Crippen molar-refractivity contribution in [3.63, 3.8) is 0 Å². The third-order valence-corrected chi connectivity index (χ3v) is 6.61. The van der Waals surface area contributed by atoms with Gasteiger partial charge in [0.25, 0.3) is 0 Å². The molecule has 29 heavy (non-hydrogen) atoms. The average molecular weight is 389 g/mol. The van der Waals surface area contributed by atoms with E-state index in [9.17, 15) is 14.7 Å². The Morgan fingerprint density at radius 3 is 2.24 bits per heavy atom. The standard InChI is InChI=1S/C24H23NO4/c26-23(21-17-10-11-18(20-12-19(17)20)22(21)24(27)28)25-15-6-8-16(9-7-15)29-13-14-4-2-1-3-5-14/h1-11,17-22H,12-13H2,(H,25,26)(H,27,28)/t17-,18-,19-,20-,21+,22+/m1/s1. The third kappa shape index (κ3) is 3.31. The van der Waals surface area contributed by atoms with Gasteiger partial charge in [-0.25, -0.2) is 0 Å². The van der Waals surface area contributed by atoms with Crippen molar-refractivity contribution < 1.29 is 19.4 Å². The van der Waals surface area contributed by atoms with E-state index in [0.717, 1.165) is 17.7 Å². The number of hydrogen-bond acceptors (Lipinski definition) is 3. The van der Waals surface area contributed by atoms with E-state index in [-0.39, 0.29) is 17.7 Å². The van der Waals surface area contributed by atoms with E-state index < -0.39 is 17.8 Å². The largest absolute Gasteiger partial charge is 0.489 e. The van der Waals surface area contributed by atoms with Gasteiger partial charge in [-0.15, -0.1) is 0 Å². The van der Waals surface area contributed by atoms with Crippen LogP contribution in [0.3, 0.4) is 0 Å². The molecule has 4 aliphatic carbocycles. The second kappa shape index (κ2) is 7.07. The molecule has 6 rings (SSSR count). The first-order valence-electron chi connectivity index (χ1n) is 10.1. The molecular weight excluding hydrogens is 366 g/mol. The molecule has 2 aromatic carbocycles. The highest BCUT2D eigenvalue weighted by atomic mass is 16.5. The third-order valence-electron chi connectivity index (χ3n) is 6.61. The zero-order valence-electron chi connectivity index (χ0n) is 15.9. The number of rotatable bonds is 6. The van der Waals surface area contributed by atoms with Crippen LogP contribution in [-0.4, -0.2) is 17.0 Å². The minimum Gasteiger partial charge on any atom is -0.489 e. The molecule has 2 fully saturated rings. The SMILES string of the molecule is O=C(O)[C@H]1[C@@H]2C=C[C@H]([C@H]3C[C@H]23)[C@@H]1C(=O)Nc1ccc(OCc2ccccc2)cc1. The molecule has 148 valence electrons. The number of hydrogen-bond donors (Lipinski definition) is 2. The molecule has 6 atom stereocenters. The molecule has 5 nitrogen and oxygen atoms in total. The topological polar surface area (TPSA) is 75.6 Å². The first-order valence-corrected chi connectivity index (χ1v) is 10.1. The van der Waals surface area contributed by atoms with Crippen LogP contribution in [0.4, 0.5) is 5.69 Å². The number of carboxylic acid groups (broad SMARTS) is 1. The lowest BCUT2D eigenvalue weighted by Crippen LogP contribution is -2.48. The fraction of sp³-hybridized carbons (Fsp3) is 0.333. The van der Waals surface area contributed by atoms with Gasteiger partial charge in [0.1, 0.15) is 12.4 Å². The highest BCUT2D eigenvalue weighted by Gasteiger charge is 2.62. The lowest BCUT2D eigenvalue weighted by molar-refractivity contribution is -0.152. The predicted octanol–water partition coefficient (Wildman–Crippen LogP) is 3.97. The maximum Gasteiger partial charge on any atom is 0.307 e. The molecule has 2 N–H and O–H groups in total. The summed E-state index contributed by atoms with van der Waals surface area (Å²) in [7, 11) is 0. The molecule has 0 heterocycles. The Balaban J connectivity index is 1.25. The van der Waals surface area contributed by atoms with Crippen LogP contribution in [0.1, 0.15) is 12.0 Å². The van der Waals surface area contributed by atoms with Crippen molar-refractivity contribution in [1.82, 2.24) is 0 Å². The second-order valence-corrected chi connectivity index (χ2v) is 8.28. The van der Waals surface area contributed by atoms with Gasteiger partial charge >= 0.3 is 5.97 Å². The molecule has 2 saturated carbocycles. The summed E-state index contributed by atoms with van der Waals surface area (Å²) < 4.78 is 5.78. The van der Waals surface area contributed by atoms with Crippen LogP contribution >= 0.6 is 0 Å². The Morgan fingerprint density at radius 2 is 1.59 bits per heavy atom. The first kappa shape index (κ1) is 18.0. The van der Waals surface area contributed by atoms with Crippen molar-refractivity contribution in [1.29, 1.82) is 0 Å². The van der Waals surface area contributed by atoms with E-state index in [1.54, 1.807) is 12.1 Å². The smallest absolute Gasteiger partial charge is 0.307 e. The lowest BCUT2D eigenvalue weighted by atomic mass is 9.62. The number of anilines is 1. The van der Waals surface area contributed by atoms with E-state index in [2.05, 4.69) is 11.4 Å². The number of allylic oxidation sites excluding steroid dienone is 2. The summed E-state index contributed by atoms with van der Waals surface area (Å²) in [5, 5.41) is 12.7. The van der Waals surface area contributed by atoms with Gasteiger partial charge in [-0.3, -0.25) is 9.59 Å². The van der Waals surface area contributed by atoms with Gasteiger partial charge in [0.2, 0.25) is 5.91 Å². The minimum atomic E-state index is -0.862. The van der Waals surface area contributed by atoms with Gasteiger partial charge in [0.05, 0.1) is 11.8 Å². The van der Waals surface area contributed by atoms with Crippen molar-refractivity contribution in [3.8, 4) is 5.75 Å². The van der Waals surface area contributed by atoms with E-state index >= 15 is 0 Å². The van der Waals surface area contributed by atoms with Crippen molar-refractivity contribution in [2.24, 2.45) is 35.5 Å². The number of fused-ring (bicyclic) bond motifs is 1. The summed E-state index contributed by atoms with van der Waals surface area (Å²) in [4.78, 5) is 24.9. The van der Waals surface area contributed by atoms with Gasteiger partial charge in [-0.2, -0.15) is 0 Å². The number of benzene rings is 2. The number of nitrogens with one attached hydrogen (secondary N) is 1. The zero-order chi connectivity index (χ0) is 20.0. The Bertz CT molecular complexity index is 953. The molecule has 0 aliphatic heterocycles. The predicted molar refractivity (Wildman–Crippen MR) is 108 cm³/mol. The van der Waals surface area contributed by atoms with Gasteiger partial charge in [-0.1, -0.05) is 42.5 Å². The summed E-state index contributed by atoms with van der Waals surface area (Å²) in [5.41, 5.74) is 1.74. The van der Waals surface area contributed by atoms with Crippen LogP contribution in [0, 0.1) is 35.5 Å². The maximum absolute atomic E-state index is 13.0. The number of carbonyl (C=O) groups excluding carboxylic acids is 1. The Labute approximate surface area is 169 Å². The van der Waals surface area contributed by atoms with Gasteiger partial charge in [0, 0.05) is 5.69 Å². The van der Waals surface area contributed by atoms with E-state index in [1.807, 2.05) is 48.5 Å². The molecule has 0 unspecified atom stereocenters. The molecule has 0 radical (unpaired) electrons. The maximum atomic E-state index is 13.0. The van der Waals surface area contributed by atoms with Crippen molar-refractivity contribution >= 4 is 17.6 Å². The molecule has 0 spiro atoms. The van der Waals surface area contributed by atoms with Crippen LogP contribution in [0.2, 0.25) is 0 Å². The van der Waals surface area contributed by atoms with E-state index in [1.165, 1.54) is 0 Å². The summed E-state index contributed by atoms with van der Waals surface area (Å²) >= 11 is 0. The molecule has 0 aromatic heterocycles. The van der Waals surface area contributed by atoms with Crippen molar-refractivity contribution in [3.05, 3.63) is 72.3 Å². The first-order chi connectivity index (χ1) is 14.1. The van der Waals surface area contributed by atoms with Crippen LogP contribution in [0.25, 0.3) is 0 Å². The normalized spacial score (nSPS) is 31.0. The molecule has 2 bridgehead atoms. The summed E-state index contributed by atoms with van der Waals surface area (Å²) in [6.07, 6.45) is 5.15. The Kier molecular flexibility index (Phi) is 4.38. The van der Waals surface area contributed by atoms with E-state index in [4.69, 9.17) is 4.74 Å². The number of aliphatic carboxylic acids is 1. The highest BCUT2D eigenvalue weighted by Crippen LogP contribution is 2.63. The lowest BCUT2D eigenvalue weighted by Gasteiger charge is -2.41. The van der Waals surface area contributed by atoms with Gasteiger partial charge in [-0.05, 0) is 59.9 Å². The van der Waals surface area contributed by atoms with Gasteiger partial charge < -0.3 is 15.2 Å². The Morgan fingerprint density at radius 1 is 0.931 bits per heavy atom. The van der Waals surface area contributed by atoms with Crippen LogP contribution in [0.15, 0.2) is 66.7 Å². The van der Waals surface area contributed by atoms with E-state index in [0.29, 0.717) is 24.1 Å². The average Bonchev–Trinajstić information content (AvgIpc) is 3.56. The van der Waals surface area contributed by atoms with Crippen LogP contribution < -0.4 is 10.1 Å². The molecule has 4 aliphatic rings. The fourth-order valence-corrected chi connectivity index (χ4v) is 5.17. The summed E-state index contributed by atoms with van der Waals surface area (Å²) in [6.45, 7) is 0.479. The second-order valence-electron chi connectivity index (χ2n) is 8.28. The Hall–Kier alpha value is -3.08. The zero-order valence-corrected chi connectivity index (χ0v) is 15.9. The number of ether oxygens (including phenoxy) is 1. The number of carbonyl (C=O) groups is 2. The van der Waals surface area contributed by atoms with Crippen molar-refractivity contribution in [2.45, 2.75) is 13.0 Å². The minimum absolute atomic E-state index is 0.00740. The molecule has 5 heteroatoms. The quantitative estimate of drug-likeness (QED) is 0.733. The monoisotopic (exact) mass is 389 g/mol. The molecule has 2 aromatic rings. The summed E-state index contributed by atoms with van der Waals surface area (Å²) in [5.74, 6) is -0.495. The van der Waals surface area contributed by atoms with Crippen LogP contribution in [-0.2, 0) is 16.2 Å². The fourth-order valence-electron chi connectivity index (χ4n) is 5.17.